The van der Waals surface area contributed by atoms with Crippen LogP contribution in [0.5, 0.6) is 0 Å². The van der Waals surface area contributed by atoms with Crippen LogP contribution in [0, 0.1) is 0 Å². The summed E-state index contributed by atoms with van der Waals surface area (Å²) >= 11 is 6.06. The molecule has 2 N–H and O–H groups in total. The molecule has 0 spiro atoms. The Morgan fingerprint density at radius 1 is 1.11 bits per heavy atom. The lowest BCUT2D eigenvalue weighted by Crippen LogP contribution is -2.42. The van der Waals surface area contributed by atoms with E-state index in [0.29, 0.717) is 21.7 Å². The molecule has 10 nitrogen and oxygen atoms in total. The summed E-state index contributed by atoms with van der Waals surface area (Å²) in [6.07, 6.45) is 0.390. The van der Waals surface area contributed by atoms with Crippen LogP contribution in [0.2, 0.25) is 5.02 Å². The molecule has 2 fully saturated rings. The van der Waals surface area contributed by atoms with E-state index in [1.54, 1.807) is 47.3 Å². The standard InChI is InChI=1S/C25H22ClN5O5/c1-25-19(35-23(36-25)15-7-9-16(26)10-8-15)17(11-33-22(32)14-5-3-2-4-6-14)34-24(25)31-13-30-18-20(27)28-12-29-21(18)31/h2-10,12-13,17,19,23-24H,11H2,1H3,(H2,27,28,29)/t17-,19-,23?,24-,25-/m1/s1. The van der Waals surface area contributed by atoms with E-state index in [9.17, 15) is 4.79 Å². The number of hydrogen-bond donors (Lipinski definition) is 1. The van der Waals surface area contributed by atoms with Gasteiger partial charge in [0.05, 0.1) is 11.9 Å². The highest BCUT2D eigenvalue weighted by molar-refractivity contribution is 6.30. The molecule has 4 heterocycles. The number of benzene rings is 2. The molecule has 4 aromatic rings. The van der Waals surface area contributed by atoms with Crippen LogP contribution in [0.1, 0.15) is 35.4 Å². The quantitative estimate of drug-likeness (QED) is 0.403. The number of imidazole rings is 1. The molecule has 0 radical (unpaired) electrons. The lowest BCUT2D eigenvalue weighted by molar-refractivity contribution is -0.174. The maximum absolute atomic E-state index is 12.6. The summed E-state index contributed by atoms with van der Waals surface area (Å²) in [6.45, 7) is 1.86. The minimum atomic E-state index is -0.971. The molecule has 0 amide bonds. The van der Waals surface area contributed by atoms with Crippen LogP contribution in [0.15, 0.2) is 67.3 Å². The van der Waals surface area contributed by atoms with Crippen LogP contribution in [-0.2, 0) is 18.9 Å². The Bertz CT molecular complexity index is 1420. The molecule has 0 bridgehead atoms. The highest BCUT2D eigenvalue weighted by atomic mass is 35.5. The van der Waals surface area contributed by atoms with Crippen molar-refractivity contribution in [3.05, 3.63) is 83.4 Å². The lowest BCUT2D eigenvalue weighted by atomic mass is 9.96. The van der Waals surface area contributed by atoms with E-state index in [4.69, 9.17) is 36.3 Å². The van der Waals surface area contributed by atoms with Crippen molar-refractivity contribution < 1.29 is 23.7 Å². The first-order chi connectivity index (χ1) is 17.4. The van der Waals surface area contributed by atoms with Crippen molar-refractivity contribution in [2.75, 3.05) is 12.3 Å². The normalized spacial score (nSPS) is 27.3. The molecule has 2 aromatic carbocycles. The van der Waals surface area contributed by atoms with E-state index in [1.165, 1.54) is 6.33 Å². The maximum atomic E-state index is 12.6. The third-order valence-electron chi connectivity index (χ3n) is 6.50. The zero-order valence-electron chi connectivity index (χ0n) is 19.2. The van der Waals surface area contributed by atoms with Gasteiger partial charge in [-0.3, -0.25) is 4.57 Å². The Balaban J connectivity index is 1.32. The second kappa shape index (κ2) is 8.82. The first-order valence-corrected chi connectivity index (χ1v) is 11.7. The number of nitrogen functional groups attached to an aromatic ring is 1. The smallest absolute Gasteiger partial charge is 0.338 e. The average molecular weight is 508 g/mol. The molecule has 6 rings (SSSR count). The molecule has 5 atom stereocenters. The van der Waals surface area contributed by atoms with E-state index in [1.807, 2.05) is 25.1 Å². The van der Waals surface area contributed by atoms with Crippen molar-refractivity contribution in [1.29, 1.82) is 0 Å². The Hall–Kier alpha value is -3.57. The van der Waals surface area contributed by atoms with Gasteiger partial charge in [0.15, 0.2) is 24.0 Å². The number of aromatic nitrogens is 4. The number of anilines is 1. The highest BCUT2D eigenvalue weighted by Gasteiger charge is 2.63. The first-order valence-electron chi connectivity index (χ1n) is 11.3. The monoisotopic (exact) mass is 507 g/mol. The molecule has 36 heavy (non-hydrogen) atoms. The molecular weight excluding hydrogens is 486 g/mol. The summed E-state index contributed by atoms with van der Waals surface area (Å²) in [5.41, 5.74) is 7.22. The summed E-state index contributed by atoms with van der Waals surface area (Å²) in [6, 6.07) is 16.0. The van der Waals surface area contributed by atoms with Crippen molar-refractivity contribution in [3.63, 3.8) is 0 Å². The number of nitrogens with zero attached hydrogens (tertiary/aromatic N) is 4. The van der Waals surface area contributed by atoms with E-state index in [2.05, 4.69) is 15.0 Å². The second-order valence-corrected chi connectivity index (χ2v) is 9.25. The number of carbonyl (C=O) groups excluding carboxylic acids is 1. The van der Waals surface area contributed by atoms with E-state index in [0.717, 1.165) is 5.56 Å². The minimum absolute atomic E-state index is 0.0368. The van der Waals surface area contributed by atoms with Gasteiger partial charge in [0.2, 0.25) is 0 Å². The molecule has 184 valence electrons. The van der Waals surface area contributed by atoms with Crippen LogP contribution < -0.4 is 5.73 Å². The first kappa shape index (κ1) is 22.9. The Kier molecular flexibility index (Phi) is 5.60. The summed E-state index contributed by atoms with van der Waals surface area (Å²) in [4.78, 5) is 25.3. The number of carbonyl (C=O) groups is 1. The van der Waals surface area contributed by atoms with Gasteiger partial charge in [-0.1, -0.05) is 41.9 Å². The van der Waals surface area contributed by atoms with Gasteiger partial charge in [0.1, 0.15) is 36.3 Å². The maximum Gasteiger partial charge on any atom is 0.338 e. The summed E-state index contributed by atoms with van der Waals surface area (Å²) in [7, 11) is 0. The number of fused-ring (bicyclic) bond motifs is 2. The van der Waals surface area contributed by atoms with Gasteiger partial charge in [-0.25, -0.2) is 19.7 Å². The third kappa shape index (κ3) is 3.79. The molecular formula is C25H22ClN5O5. The van der Waals surface area contributed by atoms with Crippen molar-refractivity contribution in [1.82, 2.24) is 19.5 Å². The fourth-order valence-electron chi connectivity index (χ4n) is 4.71. The van der Waals surface area contributed by atoms with Crippen LogP contribution in [0.4, 0.5) is 5.82 Å². The summed E-state index contributed by atoms with van der Waals surface area (Å²) in [5, 5.41) is 0.609. The largest absolute Gasteiger partial charge is 0.459 e. The number of rotatable bonds is 5. The number of nitrogens with two attached hydrogens (primary N) is 1. The van der Waals surface area contributed by atoms with E-state index >= 15 is 0 Å². The van der Waals surface area contributed by atoms with Crippen molar-refractivity contribution in [3.8, 4) is 0 Å². The van der Waals surface area contributed by atoms with Gasteiger partial charge in [-0.15, -0.1) is 0 Å². The predicted octanol–water partition coefficient (Wildman–Crippen LogP) is 3.69. The fraction of sp³-hybridized carbons (Fsp3) is 0.280. The lowest BCUT2D eigenvalue weighted by Gasteiger charge is -2.28. The molecule has 2 aromatic heterocycles. The zero-order valence-corrected chi connectivity index (χ0v) is 19.9. The van der Waals surface area contributed by atoms with E-state index in [-0.39, 0.29) is 12.4 Å². The minimum Gasteiger partial charge on any atom is -0.459 e. The van der Waals surface area contributed by atoms with Crippen LogP contribution in [-0.4, -0.2) is 49.9 Å². The molecule has 2 aliphatic heterocycles. The molecule has 1 unspecified atom stereocenters. The summed E-state index contributed by atoms with van der Waals surface area (Å²) < 4.78 is 26.6. The van der Waals surface area contributed by atoms with Crippen LogP contribution >= 0.6 is 11.6 Å². The SMILES string of the molecule is C[C@@]12OC(c3ccc(Cl)cc3)O[C@@H]1[C@@H](COC(=O)c1ccccc1)O[C@H]2n1cnc2c(N)ncnc21. The van der Waals surface area contributed by atoms with Gasteiger partial charge < -0.3 is 24.7 Å². The molecule has 0 saturated carbocycles. The summed E-state index contributed by atoms with van der Waals surface area (Å²) in [5.74, 6) is -0.194. The van der Waals surface area contributed by atoms with Crippen molar-refractivity contribution in [2.45, 2.75) is 37.3 Å². The number of hydrogen-bond acceptors (Lipinski definition) is 9. The van der Waals surface area contributed by atoms with Gasteiger partial charge in [-0.05, 0) is 31.2 Å². The molecule has 2 aliphatic rings. The Morgan fingerprint density at radius 2 is 1.89 bits per heavy atom. The van der Waals surface area contributed by atoms with Crippen molar-refractivity contribution >= 4 is 34.6 Å². The Morgan fingerprint density at radius 3 is 2.67 bits per heavy atom. The average Bonchev–Trinajstić information content (AvgIpc) is 3.54. The highest BCUT2D eigenvalue weighted by Crippen LogP contribution is 2.52. The van der Waals surface area contributed by atoms with Gasteiger partial charge in [0, 0.05) is 10.6 Å². The second-order valence-electron chi connectivity index (χ2n) is 8.82. The van der Waals surface area contributed by atoms with Crippen molar-refractivity contribution in [2.24, 2.45) is 0 Å². The number of esters is 1. The number of halogens is 1. The molecule has 2 saturated heterocycles. The topological polar surface area (TPSA) is 124 Å². The van der Waals surface area contributed by atoms with Gasteiger partial charge in [-0.2, -0.15) is 0 Å². The zero-order chi connectivity index (χ0) is 24.9. The number of ether oxygens (including phenoxy) is 4. The van der Waals surface area contributed by atoms with Crippen LogP contribution in [0.3, 0.4) is 0 Å². The third-order valence-corrected chi connectivity index (χ3v) is 6.75. The molecule has 11 heteroatoms. The molecule has 0 aliphatic carbocycles. The van der Waals surface area contributed by atoms with Gasteiger partial charge >= 0.3 is 5.97 Å². The van der Waals surface area contributed by atoms with E-state index < -0.39 is 36.3 Å². The fourth-order valence-corrected chi connectivity index (χ4v) is 4.84. The van der Waals surface area contributed by atoms with Crippen LogP contribution in [0.25, 0.3) is 11.2 Å². The predicted molar refractivity (Wildman–Crippen MR) is 129 cm³/mol. The Labute approximate surface area is 210 Å². The van der Waals surface area contributed by atoms with Gasteiger partial charge in [0.25, 0.3) is 0 Å².